The van der Waals surface area contributed by atoms with Crippen molar-refractivity contribution in [1.82, 2.24) is 4.98 Å². The van der Waals surface area contributed by atoms with E-state index < -0.39 is 0 Å². The van der Waals surface area contributed by atoms with Crippen molar-refractivity contribution in [3.05, 3.63) is 70.0 Å². The molecule has 0 aliphatic rings. The molecule has 0 unspecified atom stereocenters. The number of hydrogen-bond donors (Lipinski definition) is 1. The molecule has 3 rings (SSSR count). The quantitative estimate of drug-likeness (QED) is 0.538. The van der Waals surface area contributed by atoms with Gasteiger partial charge in [0, 0.05) is 23.1 Å². The highest BCUT2D eigenvalue weighted by Gasteiger charge is 2.12. The molecule has 2 aromatic carbocycles. The van der Waals surface area contributed by atoms with Crippen LogP contribution in [-0.2, 0) is 11.2 Å². The highest BCUT2D eigenvalue weighted by Crippen LogP contribution is 2.28. The minimum Gasteiger partial charge on any atom is -0.493 e. The molecule has 0 radical (unpaired) electrons. The zero-order valence-corrected chi connectivity index (χ0v) is 17.6. The standard InChI is InChI=1S/C22H21FN2O4S/c1-13-4-5-15(9-18(13)23)8-17-11-24-22(30-17)25-21(27)12-29-19-7-6-16(14(2)26)10-20(19)28-3/h4-7,9-11H,8,12H2,1-3H3,(H,24,25,27). The largest absolute Gasteiger partial charge is 0.493 e. The van der Waals surface area contributed by atoms with Gasteiger partial charge in [-0.1, -0.05) is 12.1 Å². The van der Waals surface area contributed by atoms with Crippen LogP contribution in [0.5, 0.6) is 11.5 Å². The summed E-state index contributed by atoms with van der Waals surface area (Å²) in [6.45, 7) is 2.93. The molecule has 1 aromatic heterocycles. The number of hydrogen-bond acceptors (Lipinski definition) is 6. The number of nitrogens with zero attached hydrogens (tertiary/aromatic N) is 1. The molecule has 156 valence electrons. The van der Waals surface area contributed by atoms with Gasteiger partial charge >= 0.3 is 0 Å². The van der Waals surface area contributed by atoms with Crippen LogP contribution in [0, 0.1) is 12.7 Å². The van der Waals surface area contributed by atoms with E-state index in [1.54, 1.807) is 37.4 Å². The maximum Gasteiger partial charge on any atom is 0.264 e. The molecule has 0 saturated carbocycles. The fraction of sp³-hybridized carbons (Fsp3) is 0.227. The van der Waals surface area contributed by atoms with Crippen molar-refractivity contribution >= 4 is 28.2 Å². The smallest absolute Gasteiger partial charge is 0.264 e. The number of aryl methyl sites for hydroxylation is 1. The third-order valence-corrected chi connectivity index (χ3v) is 5.26. The maximum absolute atomic E-state index is 13.7. The number of amides is 1. The second-order valence-corrected chi connectivity index (χ2v) is 7.77. The summed E-state index contributed by atoms with van der Waals surface area (Å²) in [6, 6.07) is 9.88. The summed E-state index contributed by atoms with van der Waals surface area (Å²) in [5, 5.41) is 3.12. The Morgan fingerprint density at radius 1 is 1.17 bits per heavy atom. The molecule has 0 aliphatic heterocycles. The molecule has 0 aliphatic carbocycles. The van der Waals surface area contributed by atoms with Gasteiger partial charge in [-0.3, -0.25) is 14.9 Å². The van der Waals surface area contributed by atoms with E-state index in [1.165, 1.54) is 31.4 Å². The molecule has 1 amide bonds. The molecule has 0 fully saturated rings. The zero-order chi connectivity index (χ0) is 21.7. The number of carbonyl (C=O) groups excluding carboxylic acids is 2. The summed E-state index contributed by atoms with van der Waals surface area (Å²) in [7, 11) is 1.46. The summed E-state index contributed by atoms with van der Waals surface area (Å²) in [4.78, 5) is 28.7. The summed E-state index contributed by atoms with van der Waals surface area (Å²) >= 11 is 1.32. The van der Waals surface area contributed by atoms with Crippen LogP contribution in [0.2, 0.25) is 0 Å². The van der Waals surface area contributed by atoms with Crippen molar-refractivity contribution in [3.63, 3.8) is 0 Å². The lowest BCUT2D eigenvalue weighted by molar-refractivity contribution is -0.118. The monoisotopic (exact) mass is 428 g/mol. The zero-order valence-electron chi connectivity index (χ0n) is 16.8. The lowest BCUT2D eigenvalue weighted by Gasteiger charge is -2.11. The number of halogens is 1. The molecule has 8 heteroatoms. The van der Waals surface area contributed by atoms with E-state index in [0.717, 1.165) is 10.4 Å². The number of ketones is 1. The predicted octanol–water partition coefficient (Wildman–Crippen LogP) is 4.41. The fourth-order valence-electron chi connectivity index (χ4n) is 2.70. The molecular formula is C22H21FN2O4S. The van der Waals surface area contributed by atoms with Crippen LogP contribution in [0.15, 0.2) is 42.6 Å². The van der Waals surface area contributed by atoms with Crippen molar-refractivity contribution in [2.24, 2.45) is 0 Å². The van der Waals surface area contributed by atoms with Crippen LogP contribution in [0.4, 0.5) is 9.52 Å². The Balaban J connectivity index is 1.57. The Morgan fingerprint density at radius 3 is 2.67 bits per heavy atom. The first-order valence-electron chi connectivity index (χ1n) is 9.17. The van der Waals surface area contributed by atoms with Gasteiger partial charge in [-0.15, -0.1) is 11.3 Å². The number of rotatable bonds is 8. The first-order valence-corrected chi connectivity index (χ1v) is 9.98. The minimum atomic E-state index is -0.380. The van der Waals surface area contributed by atoms with E-state index in [0.29, 0.717) is 34.2 Å². The van der Waals surface area contributed by atoms with Crippen LogP contribution in [0.1, 0.15) is 33.3 Å². The van der Waals surface area contributed by atoms with Crippen LogP contribution in [-0.4, -0.2) is 30.4 Å². The summed E-state index contributed by atoms with van der Waals surface area (Å²) in [5.74, 6) is 0.0196. The molecule has 1 heterocycles. The number of carbonyl (C=O) groups is 2. The van der Waals surface area contributed by atoms with E-state index in [2.05, 4.69) is 10.3 Å². The highest BCUT2D eigenvalue weighted by molar-refractivity contribution is 7.15. The number of methoxy groups -OCH3 is 1. The Bertz CT molecular complexity index is 1080. The van der Waals surface area contributed by atoms with E-state index in [9.17, 15) is 14.0 Å². The van der Waals surface area contributed by atoms with Gasteiger partial charge in [0.1, 0.15) is 5.82 Å². The number of anilines is 1. The maximum atomic E-state index is 13.7. The van der Waals surface area contributed by atoms with Crippen LogP contribution >= 0.6 is 11.3 Å². The molecule has 30 heavy (non-hydrogen) atoms. The Kier molecular flexibility index (Phi) is 6.79. The van der Waals surface area contributed by atoms with Crippen LogP contribution in [0.3, 0.4) is 0 Å². The number of thiazole rings is 1. The molecule has 0 bridgehead atoms. The van der Waals surface area contributed by atoms with Gasteiger partial charge in [-0.25, -0.2) is 9.37 Å². The van der Waals surface area contributed by atoms with Crippen molar-refractivity contribution in [2.45, 2.75) is 20.3 Å². The van der Waals surface area contributed by atoms with Crippen LogP contribution in [0.25, 0.3) is 0 Å². The average molecular weight is 428 g/mol. The van der Waals surface area contributed by atoms with Crippen molar-refractivity contribution in [1.29, 1.82) is 0 Å². The van der Waals surface area contributed by atoms with E-state index in [-0.39, 0.29) is 24.1 Å². The second-order valence-electron chi connectivity index (χ2n) is 6.65. The number of Topliss-reactive ketones (excluding diaryl/α,β-unsaturated/α-hetero) is 1. The first kappa shape index (κ1) is 21.4. The lowest BCUT2D eigenvalue weighted by Crippen LogP contribution is -2.20. The Hall–Kier alpha value is -3.26. The Morgan fingerprint density at radius 2 is 1.97 bits per heavy atom. The van der Waals surface area contributed by atoms with Gasteiger partial charge in [-0.05, 0) is 49.2 Å². The third kappa shape index (κ3) is 5.42. The van der Waals surface area contributed by atoms with Gasteiger partial charge in [0.05, 0.1) is 7.11 Å². The molecule has 0 saturated heterocycles. The van der Waals surface area contributed by atoms with Gasteiger partial charge in [0.25, 0.3) is 5.91 Å². The van der Waals surface area contributed by atoms with Gasteiger partial charge in [0.2, 0.25) is 0 Å². The highest BCUT2D eigenvalue weighted by atomic mass is 32.1. The summed E-state index contributed by atoms with van der Waals surface area (Å²) < 4.78 is 24.4. The molecule has 1 N–H and O–H groups in total. The lowest BCUT2D eigenvalue weighted by atomic mass is 10.1. The van der Waals surface area contributed by atoms with Gasteiger partial charge in [0.15, 0.2) is 29.0 Å². The molecule has 3 aromatic rings. The van der Waals surface area contributed by atoms with Gasteiger partial charge in [-0.2, -0.15) is 0 Å². The third-order valence-electron chi connectivity index (χ3n) is 4.34. The topological polar surface area (TPSA) is 77.5 Å². The molecular weight excluding hydrogens is 407 g/mol. The Labute approximate surface area is 177 Å². The van der Waals surface area contributed by atoms with Crippen molar-refractivity contribution in [3.8, 4) is 11.5 Å². The molecule has 0 spiro atoms. The first-order chi connectivity index (χ1) is 14.4. The SMILES string of the molecule is COc1cc(C(C)=O)ccc1OCC(=O)Nc1ncc(Cc2ccc(C)c(F)c2)s1. The summed E-state index contributed by atoms with van der Waals surface area (Å²) in [5.41, 5.74) is 1.93. The molecule has 0 atom stereocenters. The second kappa shape index (κ2) is 9.49. The van der Waals surface area contributed by atoms with E-state index in [4.69, 9.17) is 9.47 Å². The number of ether oxygens (including phenoxy) is 2. The van der Waals surface area contributed by atoms with E-state index >= 15 is 0 Å². The molecule has 6 nitrogen and oxygen atoms in total. The predicted molar refractivity (Wildman–Crippen MR) is 113 cm³/mol. The number of benzene rings is 2. The number of nitrogens with one attached hydrogen (secondary N) is 1. The van der Waals surface area contributed by atoms with Gasteiger partial charge < -0.3 is 9.47 Å². The van der Waals surface area contributed by atoms with Crippen LogP contribution < -0.4 is 14.8 Å². The summed E-state index contributed by atoms with van der Waals surface area (Å²) in [6.07, 6.45) is 2.18. The number of aromatic nitrogens is 1. The average Bonchev–Trinajstić information content (AvgIpc) is 3.15. The van der Waals surface area contributed by atoms with E-state index in [1.807, 2.05) is 6.07 Å². The minimum absolute atomic E-state index is 0.0921. The fourth-order valence-corrected chi connectivity index (χ4v) is 3.56. The normalized spacial score (nSPS) is 10.5. The van der Waals surface area contributed by atoms with Crippen molar-refractivity contribution in [2.75, 3.05) is 19.0 Å². The van der Waals surface area contributed by atoms with Crippen molar-refractivity contribution < 1.29 is 23.5 Å².